The highest BCUT2D eigenvalue weighted by atomic mass is 15.3. The highest BCUT2D eigenvalue weighted by molar-refractivity contribution is 5.26. The first-order chi connectivity index (χ1) is 6.26. The molecule has 3 nitrogen and oxygen atoms in total. The van der Waals surface area contributed by atoms with Crippen molar-refractivity contribution < 1.29 is 0 Å². The fourth-order valence-electron chi connectivity index (χ4n) is 2.12. The first kappa shape index (κ1) is 8.51. The molecule has 1 aliphatic rings. The molecule has 1 aromatic heterocycles. The first-order valence-corrected chi connectivity index (χ1v) is 4.72. The van der Waals surface area contributed by atoms with Gasteiger partial charge in [-0.15, -0.1) is 0 Å². The van der Waals surface area contributed by atoms with E-state index in [0.717, 1.165) is 18.5 Å². The van der Waals surface area contributed by atoms with Gasteiger partial charge in [0.1, 0.15) is 0 Å². The van der Waals surface area contributed by atoms with E-state index in [1.165, 1.54) is 12.8 Å². The first-order valence-electron chi connectivity index (χ1n) is 4.72. The number of aromatic nitrogens is 2. The minimum Gasteiger partial charge on any atom is -0.320 e. The Morgan fingerprint density at radius 2 is 2.23 bits per heavy atom. The van der Waals surface area contributed by atoms with Crippen molar-refractivity contribution in [1.29, 1.82) is 0 Å². The van der Waals surface area contributed by atoms with E-state index >= 15 is 0 Å². The summed E-state index contributed by atoms with van der Waals surface area (Å²) >= 11 is 0. The number of rotatable bonds is 2. The summed E-state index contributed by atoms with van der Waals surface area (Å²) in [5, 5.41) is 4.14. The monoisotopic (exact) mass is 177 g/mol. The zero-order chi connectivity index (χ0) is 9.31. The second-order valence-electron chi connectivity index (χ2n) is 3.71. The Morgan fingerprint density at radius 1 is 1.54 bits per heavy atom. The average molecular weight is 177 g/mol. The molecule has 0 saturated heterocycles. The van der Waals surface area contributed by atoms with Gasteiger partial charge in [-0.25, -0.2) is 4.68 Å². The van der Waals surface area contributed by atoms with Gasteiger partial charge in [0.2, 0.25) is 0 Å². The molecule has 1 saturated carbocycles. The minimum atomic E-state index is -0.162. The van der Waals surface area contributed by atoms with Gasteiger partial charge in [-0.1, -0.05) is 19.4 Å². The van der Waals surface area contributed by atoms with Gasteiger partial charge in [0.05, 0.1) is 11.2 Å². The van der Waals surface area contributed by atoms with Crippen LogP contribution in [0, 0.1) is 0 Å². The molecule has 0 aromatic carbocycles. The Labute approximate surface area is 78.2 Å². The summed E-state index contributed by atoms with van der Waals surface area (Å²) in [5.41, 5.74) is 7.23. The van der Waals surface area contributed by atoms with Crippen LogP contribution in [0.3, 0.4) is 0 Å². The van der Waals surface area contributed by atoms with Crippen molar-refractivity contribution >= 4 is 6.20 Å². The zero-order valence-electron chi connectivity index (χ0n) is 7.74. The van der Waals surface area contributed by atoms with Crippen molar-refractivity contribution in [1.82, 2.24) is 9.78 Å². The number of hydrogen-bond donors (Lipinski definition) is 1. The molecule has 0 amide bonds. The molecule has 2 rings (SSSR count). The van der Waals surface area contributed by atoms with Gasteiger partial charge in [0.25, 0.3) is 0 Å². The van der Waals surface area contributed by atoms with E-state index in [1.54, 1.807) is 17.1 Å². The largest absolute Gasteiger partial charge is 0.320 e. The molecule has 1 aliphatic carbocycles. The van der Waals surface area contributed by atoms with Crippen LogP contribution >= 0.6 is 0 Å². The Bertz CT molecular complexity index is 308. The van der Waals surface area contributed by atoms with Crippen LogP contribution in [0.25, 0.3) is 6.20 Å². The highest BCUT2D eigenvalue weighted by Gasteiger charge is 2.33. The normalized spacial score (nSPS) is 20.4. The summed E-state index contributed by atoms with van der Waals surface area (Å²) in [6.07, 6.45) is 8.06. The van der Waals surface area contributed by atoms with Gasteiger partial charge in [0.15, 0.2) is 0 Å². The molecule has 1 heterocycles. The molecule has 0 radical (unpaired) electrons. The smallest absolute Gasteiger partial charge is 0.0634 e. The van der Waals surface area contributed by atoms with Crippen molar-refractivity contribution in [2.24, 2.45) is 5.73 Å². The number of nitrogens with zero attached hydrogens (tertiary/aromatic N) is 2. The van der Waals surface area contributed by atoms with Gasteiger partial charge in [-0.3, -0.25) is 0 Å². The van der Waals surface area contributed by atoms with Crippen LogP contribution in [0.4, 0.5) is 0 Å². The van der Waals surface area contributed by atoms with E-state index in [0.29, 0.717) is 0 Å². The second kappa shape index (κ2) is 3.00. The van der Waals surface area contributed by atoms with E-state index < -0.39 is 0 Å². The van der Waals surface area contributed by atoms with Crippen LogP contribution in [0.5, 0.6) is 0 Å². The van der Waals surface area contributed by atoms with Crippen LogP contribution in [0.1, 0.15) is 31.4 Å². The molecule has 1 fully saturated rings. The molecule has 13 heavy (non-hydrogen) atoms. The summed E-state index contributed by atoms with van der Waals surface area (Å²) in [7, 11) is 0. The maximum Gasteiger partial charge on any atom is 0.0634 e. The van der Waals surface area contributed by atoms with E-state index in [2.05, 4.69) is 11.7 Å². The number of hydrogen-bond acceptors (Lipinski definition) is 2. The molecular weight excluding hydrogens is 162 g/mol. The molecule has 0 atom stereocenters. The van der Waals surface area contributed by atoms with Crippen molar-refractivity contribution in [3.05, 3.63) is 24.5 Å². The molecule has 0 bridgehead atoms. The van der Waals surface area contributed by atoms with Crippen molar-refractivity contribution in [3.63, 3.8) is 0 Å². The molecule has 0 aliphatic heterocycles. The quantitative estimate of drug-likeness (QED) is 0.747. The lowest BCUT2D eigenvalue weighted by Gasteiger charge is -2.23. The lowest BCUT2D eigenvalue weighted by molar-refractivity contribution is 0.437. The molecule has 1 aromatic rings. The predicted octanol–water partition coefficient (Wildman–Crippen LogP) is 1.71. The standard InChI is InChI=1S/C10H15N3/c1-2-13-9(5-8-12-13)10(11)6-3-4-7-10/h2,5,8H,1,3-4,6-7,11H2. The van der Waals surface area contributed by atoms with E-state index in [1.807, 2.05) is 6.07 Å². The number of nitrogens with two attached hydrogens (primary N) is 1. The Morgan fingerprint density at radius 3 is 2.85 bits per heavy atom. The van der Waals surface area contributed by atoms with Crippen LogP contribution in [0.2, 0.25) is 0 Å². The average Bonchev–Trinajstić information content (AvgIpc) is 2.72. The summed E-state index contributed by atoms with van der Waals surface area (Å²) in [4.78, 5) is 0. The molecule has 0 unspecified atom stereocenters. The molecule has 70 valence electrons. The maximum atomic E-state index is 6.29. The molecule has 3 heteroatoms. The van der Waals surface area contributed by atoms with Crippen LogP contribution in [-0.2, 0) is 5.54 Å². The lowest BCUT2D eigenvalue weighted by Crippen LogP contribution is -2.35. The van der Waals surface area contributed by atoms with Crippen molar-refractivity contribution in [3.8, 4) is 0 Å². The predicted molar refractivity (Wildman–Crippen MR) is 52.9 cm³/mol. The van der Waals surface area contributed by atoms with Crippen LogP contribution in [0.15, 0.2) is 18.8 Å². The van der Waals surface area contributed by atoms with Crippen molar-refractivity contribution in [2.75, 3.05) is 0 Å². The van der Waals surface area contributed by atoms with Gasteiger partial charge in [-0.2, -0.15) is 5.10 Å². The van der Waals surface area contributed by atoms with Gasteiger partial charge < -0.3 is 5.73 Å². The zero-order valence-corrected chi connectivity index (χ0v) is 7.74. The fraction of sp³-hybridized carbons (Fsp3) is 0.500. The topological polar surface area (TPSA) is 43.8 Å². The van der Waals surface area contributed by atoms with E-state index in [9.17, 15) is 0 Å². The van der Waals surface area contributed by atoms with Gasteiger partial charge in [0, 0.05) is 12.4 Å². The Kier molecular flexibility index (Phi) is 1.96. The lowest BCUT2D eigenvalue weighted by atomic mass is 9.95. The summed E-state index contributed by atoms with van der Waals surface area (Å²) in [5.74, 6) is 0. The third-order valence-electron chi connectivity index (χ3n) is 2.85. The van der Waals surface area contributed by atoms with Gasteiger partial charge in [-0.05, 0) is 18.9 Å². The van der Waals surface area contributed by atoms with Gasteiger partial charge >= 0.3 is 0 Å². The summed E-state index contributed by atoms with van der Waals surface area (Å²) < 4.78 is 1.78. The molecule has 0 spiro atoms. The summed E-state index contributed by atoms with van der Waals surface area (Å²) in [6, 6.07) is 1.99. The van der Waals surface area contributed by atoms with Crippen LogP contribution < -0.4 is 5.73 Å². The third-order valence-corrected chi connectivity index (χ3v) is 2.85. The second-order valence-corrected chi connectivity index (χ2v) is 3.71. The minimum absolute atomic E-state index is 0.162. The third kappa shape index (κ3) is 1.29. The summed E-state index contributed by atoms with van der Waals surface area (Å²) in [6.45, 7) is 3.71. The van der Waals surface area contributed by atoms with Crippen LogP contribution in [-0.4, -0.2) is 9.78 Å². The molecule has 2 N–H and O–H groups in total. The Balaban J connectivity index is 2.38. The van der Waals surface area contributed by atoms with Crippen molar-refractivity contribution in [2.45, 2.75) is 31.2 Å². The fourth-order valence-corrected chi connectivity index (χ4v) is 2.12. The Hall–Kier alpha value is -1.09. The molecular formula is C10H15N3. The maximum absolute atomic E-state index is 6.29. The van der Waals surface area contributed by atoms with E-state index in [4.69, 9.17) is 5.73 Å². The SMILES string of the molecule is C=Cn1nccc1C1(N)CCCC1. The van der Waals surface area contributed by atoms with E-state index in [-0.39, 0.29) is 5.54 Å². The highest BCUT2D eigenvalue weighted by Crippen LogP contribution is 2.35.